The number of benzene rings is 1. The summed E-state index contributed by atoms with van der Waals surface area (Å²) in [6.07, 6.45) is 0.0725. The highest BCUT2D eigenvalue weighted by atomic mass is 16.5. The van der Waals surface area contributed by atoms with Crippen molar-refractivity contribution in [1.29, 1.82) is 0 Å². The molecule has 1 unspecified atom stereocenters. The van der Waals surface area contributed by atoms with Crippen molar-refractivity contribution in [2.24, 2.45) is 0 Å². The van der Waals surface area contributed by atoms with E-state index in [2.05, 4.69) is 0 Å². The summed E-state index contributed by atoms with van der Waals surface area (Å²) in [7, 11) is 3.07. The highest BCUT2D eigenvalue weighted by molar-refractivity contribution is 6.09. The average molecular weight is 247 g/mol. The molecule has 4 heteroatoms. The Hall–Kier alpha value is -1.84. The molecule has 1 aromatic rings. The summed E-state index contributed by atoms with van der Waals surface area (Å²) >= 11 is 0. The van der Waals surface area contributed by atoms with Gasteiger partial charge in [0.2, 0.25) is 5.91 Å². The lowest BCUT2D eigenvalue weighted by atomic mass is 9.80. The molecule has 1 aliphatic heterocycles. The lowest BCUT2D eigenvalue weighted by Crippen LogP contribution is -2.38. The first kappa shape index (κ1) is 12.6. The zero-order chi connectivity index (χ0) is 13.5. The Morgan fingerprint density at radius 2 is 2.11 bits per heavy atom. The predicted molar refractivity (Wildman–Crippen MR) is 68.6 cm³/mol. The van der Waals surface area contributed by atoms with Crippen molar-refractivity contribution in [2.45, 2.75) is 25.7 Å². The van der Waals surface area contributed by atoms with Crippen molar-refractivity contribution in [1.82, 2.24) is 0 Å². The Kier molecular flexibility index (Phi) is 2.89. The number of carbonyl (C=O) groups is 2. The highest BCUT2D eigenvalue weighted by Gasteiger charge is 2.47. The van der Waals surface area contributed by atoms with Gasteiger partial charge >= 0.3 is 5.97 Å². The minimum atomic E-state index is -0.816. The molecule has 0 fully saturated rings. The van der Waals surface area contributed by atoms with Crippen LogP contribution >= 0.6 is 0 Å². The molecule has 1 heterocycles. The van der Waals surface area contributed by atoms with Crippen molar-refractivity contribution < 1.29 is 14.3 Å². The standard InChI is InChI=1S/C14H17NO3/c1-9-5-6-11-10(7-9)14(2,8-12(16)18-4)13(17)15(11)3/h5-7H,8H2,1-4H3. The quantitative estimate of drug-likeness (QED) is 0.748. The van der Waals surface area contributed by atoms with Crippen molar-refractivity contribution in [3.05, 3.63) is 29.3 Å². The number of hydrogen-bond donors (Lipinski definition) is 0. The molecule has 0 saturated carbocycles. The number of ether oxygens (including phenoxy) is 1. The van der Waals surface area contributed by atoms with Crippen LogP contribution in [0.15, 0.2) is 18.2 Å². The summed E-state index contributed by atoms with van der Waals surface area (Å²) in [5.41, 5.74) is 2.04. The number of nitrogens with zero attached hydrogens (tertiary/aromatic N) is 1. The maximum Gasteiger partial charge on any atom is 0.306 e. The van der Waals surface area contributed by atoms with Gasteiger partial charge in [0.15, 0.2) is 0 Å². The fourth-order valence-electron chi connectivity index (χ4n) is 2.51. The lowest BCUT2D eigenvalue weighted by molar-refractivity contribution is -0.144. The van der Waals surface area contributed by atoms with Gasteiger partial charge in [0.1, 0.15) is 0 Å². The van der Waals surface area contributed by atoms with Crippen LogP contribution in [0, 0.1) is 6.92 Å². The second-order valence-electron chi connectivity index (χ2n) is 4.97. The smallest absolute Gasteiger partial charge is 0.306 e. The third kappa shape index (κ3) is 1.68. The molecule has 1 aromatic carbocycles. The Morgan fingerprint density at radius 1 is 1.44 bits per heavy atom. The van der Waals surface area contributed by atoms with Gasteiger partial charge in [-0.05, 0) is 25.5 Å². The molecule has 0 spiro atoms. The number of hydrogen-bond acceptors (Lipinski definition) is 3. The van der Waals surface area contributed by atoms with E-state index < -0.39 is 5.41 Å². The summed E-state index contributed by atoms with van der Waals surface area (Å²) in [6, 6.07) is 5.86. The van der Waals surface area contributed by atoms with E-state index in [9.17, 15) is 9.59 Å². The summed E-state index contributed by atoms with van der Waals surface area (Å²) in [5.74, 6) is -0.429. The number of aryl methyl sites for hydroxylation is 1. The van der Waals surface area contributed by atoms with Gasteiger partial charge in [-0.25, -0.2) is 0 Å². The Balaban J connectivity index is 2.53. The van der Waals surface area contributed by atoms with E-state index in [1.807, 2.05) is 25.1 Å². The fourth-order valence-corrected chi connectivity index (χ4v) is 2.51. The third-order valence-electron chi connectivity index (χ3n) is 3.61. The average Bonchev–Trinajstić information content (AvgIpc) is 2.52. The van der Waals surface area contributed by atoms with E-state index in [1.54, 1.807) is 18.9 Å². The van der Waals surface area contributed by atoms with E-state index >= 15 is 0 Å². The van der Waals surface area contributed by atoms with Gasteiger partial charge in [0, 0.05) is 12.7 Å². The molecular formula is C14H17NO3. The second-order valence-corrected chi connectivity index (χ2v) is 4.97. The maximum absolute atomic E-state index is 12.4. The number of fused-ring (bicyclic) bond motifs is 1. The SMILES string of the molecule is COC(=O)CC1(C)C(=O)N(C)c2ccc(C)cc21. The maximum atomic E-state index is 12.4. The first-order chi connectivity index (χ1) is 8.40. The molecule has 1 atom stereocenters. The van der Waals surface area contributed by atoms with Crippen molar-refractivity contribution in [3.8, 4) is 0 Å². The van der Waals surface area contributed by atoms with Crippen LogP contribution in [0.1, 0.15) is 24.5 Å². The van der Waals surface area contributed by atoms with Crippen molar-refractivity contribution in [3.63, 3.8) is 0 Å². The second kappa shape index (κ2) is 4.12. The highest BCUT2D eigenvalue weighted by Crippen LogP contribution is 2.43. The van der Waals surface area contributed by atoms with Crippen LogP contribution in [-0.2, 0) is 19.7 Å². The van der Waals surface area contributed by atoms with Crippen LogP contribution in [0.5, 0.6) is 0 Å². The molecule has 0 bridgehead atoms. The molecule has 0 N–H and O–H groups in total. The zero-order valence-corrected chi connectivity index (χ0v) is 11.1. The van der Waals surface area contributed by atoms with Gasteiger partial charge in [0.05, 0.1) is 18.9 Å². The largest absolute Gasteiger partial charge is 0.469 e. The molecule has 96 valence electrons. The summed E-state index contributed by atoms with van der Waals surface area (Å²) < 4.78 is 4.70. The van der Waals surface area contributed by atoms with E-state index in [0.717, 1.165) is 16.8 Å². The molecule has 1 amide bonds. The number of rotatable bonds is 2. The molecule has 1 aliphatic rings. The Labute approximate surface area is 107 Å². The van der Waals surface area contributed by atoms with E-state index in [-0.39, 0.29) is 18.3 Å². The van der Waals surface area contributed by atoms with E-state index in [1.165, 1.54) is 7.11 Å². The summed E-state index contributed by atoms with van der Waals surface area (Å²) in [4.78, 5) is 25.5. The van der Waals surface area contributed by atoms with Gasteiger partial charge < -0.3 is 9.64 Å². The minimum Gasteiger partial charge on any atom is -0.469 e. The van der Waals surface area contributed by atoms with Crippen molar-refractivity contribution in [2.75, 3.05) is 19.1 Å². The fraction of sp³-hybridized carbons (Fsp3) is 0.429. The van der Waals surface area contributed by atoms with Gasteiger partial charge in [-0.3, -0.25) is 9.59 Å². The van der Waals surface area contributed by atoms with Gasteiger partial charge in [-0.1, -0.05) is 17.7 Å². The van der Waals surface area contributed by atoms with E-state index in [4.69, 9.17) is 4.74 Å². The molecule has 4 nitrogen and oxygen atoms in total. The number of methoxy groups -OCH3 is 1. The number of amides is 1. The number of anilines is 1. The normalized spacial score (nSPS) is 22.0. The zero-order valence-electron chi connectivity index (χ0n) is 11.1. The topological polar surface area (TPSA) is 46.6 Å². The number of likely N-dealkylation sites (N-methyl/N-ethyl adjacent to an activating group) is 1. The van der Waals surface area contributed by atoms with Crippen LogP contribution in [0.4, 0.5) is 5.69 Å². The lowest BCUT2D eigenvalue weighted by Gasteiger charge is -2.21. The number of carbonyl (C=O) groups excluding carboxylic acids is 2. The molecule has 0 aliphatic carbocycles. The Morgan fingerprint density at radius 3 is 2.72 bits per heavy atom. The van der Waals surface area contributed by atoms with Gasteiger partial charge in [-0.2, -0.15) is 0 Å². The molecule has 0 saturated heterocycles. The minimum absolute atomic E-state index is 0.0616. The Bertz CT molecular complexity index is 524. The molecule has 18 heavy (non-hydrogen) atoms. The molecule has 0 radical (unpaired) electrons. The third-order valence-corrected chi connectivity index (χ3v) is 3.61. The van der Waals surface area contributed by atoms with Crippen LogP contribution in [0.3, 0.4) is 0 Å². The van der Waals surface area contributed by atoms with Crippen molar-refractivity contribution >= 4 is 17.6 Å². The van der Waals surface area contributed by atoms with E-state index in [0.29, 0.717) is 0 Å². The number of esters is 1. The first-order valence-corrected chi connectivity index (χ1v) is 5.86. The summed E-state index contributed by atoms with van der Waals surface area (Å²) in [5, 5.41) is 0. The van der Waals surface area contributed by atoms with Crippen LogP contribution in [-0.4, -0.2) is 26.0 Å². The summed E-state index contributed by atoms with van der Waals surface area (Å²) in [6.45, 7) is 3.77. The van der Waals surface area contributed by atoms with Crippen LogP contribution in [0.2, 0.25) is 0 Å². The van der Waals surface area contributed by atoms with Crippen LogP contribution in [0.25, 0.3) is 0 Å². The predicted octanol–water partition coefficient (Wildman–Crippen LogP) is 1.79. The van der Waals surface area contributed by atoms with Crippen LogP contribution < -0.4 is 4.90 Å². The molecule has 0 aromatic heterocycles. The van der Waals surface area contributed by atoms with Gasteiger partial charge in [0.25, 0.3) is 0 Å². The molecule has 2 rings (SSSR count). The van der Waals surface area contributed by atoms with Gasteiger partial charge in [-0.15, -0.1) is 0 Å². The molecular weight excluding hydrogens is 230 g/mol. The monoisotopic (exact) mass is 247 g/mol. The first-order valence-electron chi connectivity index (χ1n) is 5.86.